The monoisotopic (exact) mass is 239 g/mol. The molecule has 0 aliphatic carbocycles. The normalized spacial score (nSPS) is 10.0. The number of esters is 1. The van der Waals surface area contributed by atoms with Gasteiger partial charge in [-0.15, -0.1) is 0 Å². The number of ether oxygens (including phenoxy) is 1. The molecule has 0 spiro atoms. The van der Waals surface area contributed by atoms with E-state index in [4.69, 9.17) is 4.74 Å². The van der Waals surface area contributed by atoms with Crippen molar-refractivity contribution in [1.29, 1.82) is 0 Å². The maximum Gasteiger partial charge on any atom is 0.306 e. The topological polar surface area (TPSA) is 26.3 Å². The number of benzene rings is 2. The van der Waals surface area contributed by atoms with Gasteiger partial charge in [-0.3, -0.25) is 4.79 Å². The molecule has 1 radical (unpaired) electrons. The number of carbonyl (C=O) groups is 1. The Morgan fingerprint density at radius 3 is 2.56 bits per heavy atom. The second-order valence-electron chi connectivity index (χ2n) is 4.03. The fraction of sp³-hybridized carbons (Fsp3) is 0.188. The van der Waals surface area contributed by atoms with Gasteiger partial charge in [-0.1, -0.05) is 54.6 Å². The summed E-state index contributed by atoms with van der Waals surface area (Å²) < 4.78 is 5.20. The quantitative estimate of drug-likeness (QED) is 0.749. The zero-order valence-corrected chi connectivity index (χ0v) is 10.1. The largest absolute Gasteiger partial charge is 0.461 e. The smallest absolute Gasteiger partial charge is 0.306 e. The van der Waals surface area contributed by atoms with Crippen LogP contribution in [0.2, 0.25) is 0 Å². The second-order valence-corrected chi connectivity index (χ2v) is 4.03. The molecule has 0 aliphatic rings. The van der Waals surface area contributed by atoms with Gasteiger partial charge in [0.1, 0.15) is 6.61 Å². The van der Waals surface area contributed by atoms with Crippen molar-refractivity contribution >= 4 is 5.97 Å². The van der Waals surface area contributed by atoms with Gasteiger partial charge in [0.2, 0.25) is 0 Å². The number of hydrogen-bond acceptors (Lipinski definition) is 2. The van der Waals surface area contributed by atoms with Crippen LogP contribution in [0.1, 0.15) is 17.5 Å². The summed E-state index contributed by atoms with van der Waals surface area (Å²) in [7, 11) is 0. The first kappa shape index (κ1) is 12.4. The minimum atomic E-state index is -0.170. The molecule has 0 unspecified atom stereocenters. The van der Waals surface area contributed by atoms with Crippen molar-refractivity contribution in [3.8, 4) is 0 Å². The molecule has 2 rings (SSSR count). The lowest BCUT2D eigenvalue weighted by molar-refractivity contribution is -0.144. The lowest BCUT2D eigenvalue weighted by atomic mass is 10.1. The highest BCUT2D eigenvalue weighted by atomic mass is 16.5. The first-order valence-corrected chi connectivity index (χ1v) is 6.00. The predicted molar refractivity (Wildman–Crippen MR) is 69.8 cm³/mol. The van der Waals surface area contributed by atoms with Crippen LogP contribution in [0.25, 0.3) is 0 Å². The molecule has 0 heterocycles. The van der Waals surface area contributed by atoms with E-state index in [1.807, 2.05) is 54.6 Å². The van der Waals surface area contributed by atoms with E-state index in [1.54, 1.807) is 0 Å². The molecule has 2 aromatic carbocycles. The lowest BCUT2D eigenvalue weighted by Crippen LogP contribution is -2.05. The van der Waals surface area contributed by atoms with E-state index in [0.717, 1.165) is 11.1 Å². The van der Waals surface area contributed by atoms with E-state index in [2.05, 4.69) is 6.07 Å². The summed E-state index contributed by atoms with van der Waals surface area (Å²) in [6, 6.07) is 20.5. The highest BCUT2D eigenvalue weighted by Gasteiger charge is 2.03. The molecule has 91 valence electrons. The Morgan fingerprint density at radius 2 is 1.83 bits per heavy atom. The molecule has 0 aliphatic heterocycles. The summed E-state index contributed by atoms with van der Waals surface area (Å²) in [6.45, 7) is 0.345. The maximum absolute atomic E-state index is 11.6. The molecule has 0 N–H and O–H groups in total. The molecule has 2 nitrogen and oxygen atoms in total. The number of hydrogen-bond donors (Lipinski definition) is 0. The van der Waals surface area contributed by atoms with Crippen molar-refractivity contribution in [1.82, 2.24) is 0 Å². The zero-order chi connectivity index (χ0) is 12.6. The number of aryl methyl sites for hydroxylation is 1. The van der Waals surface area contributed by atoms with Gasteiger partial charge >= 0.3 is 5.97 Å². The number of carbonyl (C=O) groups excluding carboxylic acids is 1. The maximum atomic E-state index is 11.6. The molecule has 0 aromatic heterocycles. The molecule has 2 heteroatoms. The molecule has 0 amide bonds. The van der Waals surface area contributed by atoms with Crippen molar-refractivity contribution in [2.45, 2.75) is 19.4 Å². The van der Waals surface area contributed by atoms with E-state index in [-0.39, 0.29) is 5.97 Å². The Morgan fingerprint density at radius 1 is 1.06 bits per heavy atom. The average molecular weight is 239 g/mol. The Balaban J connectivity index is 1.73. The van der Waals surface area contributed by atoms with Gasteiger partial charge in [0.15, 0.2) is 0 Å². The Bertz CT molecular complexity index is 431. The Labute approximate surface area is 107 Å². The van der Waals surface area contributed by atoms with E-state index in [9.17, 15) is 4.79 Å². The number of rotatable bonds is 5. The van der Waals surface area contributed by atoms with Crippen LogP contribution in [-0.4, -0.2) is 5.97 Å². The van der Waals surface area contributed by atoms with Crippen LogP contribution in [0.15, 0.2) is 54.6 Å². The van der Waals surface area contributed by atoms with Crippen molar-refractivity contribution in [3.63, 3.8) is 0 Å². The van der Waals surface area contributed by atoms with Gasteiger partial charge in [-0.05, 0) is 23.6 Å². The van der Waals surface area contributed by atoms with E-state index in [1.165, 1.54) is 0 Å². The average Bonchev–Trinajstić information content (AvgIpc) is 2.45. The minimum Gasteiger partial charge on any atom is -0.461 e. The summed E-state index contributed by atoms with van der Waals surface area (Å²) in [5, 5.41) is 0. The van der Waals surface area contributed by atoms with Crippen LogP contribution >= 0.6 is 0 Å². The molecular formula is C16H15O2. The van der Waals surface area contributed by atoms with Crippen LogP contribution in [0.3, 0.4) is 0 Å². The van der Waals surface area contributed by atoms with Crippen LogP contribution in [-0.2, 0) is 22.6 Å². The molecule has 0 bridgehead atoms. The highest BCUT2D eigenvalue weighted by Crippen LogP contribution is 2.05. The zero-order valence-electron chi connectivity index (χ0n) is 10.1. The summed E-state index contributed by atoms with van der Waals surface area (Å²) >= 11 is 0. The van der Waals surface area contributed by atoms with Crippen LogP contribution in [0.5, 0.6) is 0 Å². The van der Waals surface area contributed by atoms with Gasteiger partial charge in [-0.25, -0.2) is 0 Å². The third-order valence-electron chi connectivity index (χ3n) is 2.61. The molecule has 2 aromatic rings. The first-order valence-electron chi connectivity index (χ1n) is 6.00. The molecular weight excluding hydrogens is 224 g/mol. The summed E-state index contributed by atoms with van der Waals surface area (Å²) in [4.78, 5) is 11.6. The Kier molecular flexibility index (Phi) is 4.53. The van der Waals surface area contributed by atoms with E-state index >= 15 is 0 Å². The first-order chi connectivity index (χ1) is 8.84. The minimum absolute atomic E-state index is 0.170. The summed E-state index contributed by atoms with van der Waals surface area (Å²) in [6.07, 6.45) is 1.07. The molecule has 0 fully saturated rings. The fourth-order valence-corrected chi connectivity index (χ4v) is 1.63. The summed E-state index contributed by atoms with van der Waals surface area (Å²) in [5.41, 5.74) is 2.05. The van der Waals surface area contributed by atoms with Crippen LogP contribution < -0.4 is 0 Å². The second kappa shape index (κ2) is 6.60. The van der Waals surface area contributed by atoms with Crippen molar-refractivity contribution in [3.05, 3.63) is 71.8 Å². The lowest BCUT2D eigenvalue weighted by Gasteiger charge is -2.04. The predicted octanol–water partition coefficient (Wildman–Crippen LogP) is 3.16. The van der Waals surface area contributed by atoms with Crippen molar-refractivity contribution in [2.75, 3.05) is 0 Å². The Hall–Kier alpha value is -2.09. The van der Waals surface area contributed by atoms with Crippen LogP contribution in [0, 0.1) is 6.07 Å². The third-order valence-corrected chi connectivity index (χ3v) is 2.61. The molecule has 0 saturated heterocycles. The van der Waals surface area contributed by atoms with Gasteiger partial charge < -0.3 is 4.74 Å². The van der Waals surface area contributed by atoms with Crippen molar-refractivity contribution in [2.24, 2.45) is 0 Å². The molecule has 0 saturated carbocycles. The van der Waals surface area contributed by atoms with Gasteiger partial charge in [0, 0.05) is 6.42 Å². The van der Waals surface area contributed by atoms with E-state index in [0.29, 0.717) is 19.4 Å². The van der Waals surface area contributed by atoms with Gasteiger partial charge in [-0.2, -0.15) is 0 Å². The van der Waals surface area contributed by atoms with Gasteiger partial charge in [0.25, 0.3) is 0 Å². The third kappa shape index (κ3) is 4.06. The highest BCUT2D eigenvalue weighted by molar-refractivity contribution is 5.69. The molecule has 18 heavy (non-hydrogen) atoms. The summed E-state index contributed by atoms with van der Waals surface area (Å²) in [5.74, 6) is -0.170. The fourth-order valence-electron chi connectivity index (χ4n) is 1.63. The molecule has 0 atom stereocenters. The standard InChI is InChI=1S/C16H15O2/c17-16(12-11-14-7-3-1-4-8-14)18-13-15-9-5-2-6-10-15/h1-7,9-10H,11-13H2. The van der Waals surface area contributed by atoms with Crippen molar-refractivity contribution < 1.29 is 9.53 Å². The van der Waals surface area contributed by atoms with Crippen LogP contribution in [0.4, 0.5) is 0 Å². The van der Waals surface area contributed by atoms with E-state index < -0.39 is 0 Å². The van der Waals surface area contributed by atoms with Gasteiger partial charge in [0.05, 0.1) is 0 Å². The SMILES string of the molecule is O=C(CCc1[c]cccc1)OCc1ccccc1.